The van der Waals surface area contributed by atoms with Crippen molar-refractivity contribution in [3.63, 3.8) is 0 Å². The largest absolute Gasteiger partial charge is 0.377 e. The van der Waals surface area contributed by atoms with E-state index in [4.69, 9.17) is 0 Å². The average Bonchev–Trinajstić information content (AvgIpc) is 3.26. The number of benzene rings is 1. The number of fused-ring (bicyclic) bond motifs is 1. The third-order valence-corrected chi connectivity index (χ3v) is 7.15. The van der Waals surface area contributed by atoms with Gasteiger partial charge in [-0.15, -0.1) is 11.3 Å². The van der Waals surface area contributed by atoms with Crippen molar-refractivity contribution < 1.29 is 15.0 Å². The number of amides is 1. The first-order valence-corrected chi connectivity index (χ1v) is 12.1. The number of aliphatic hydroxyl groups excluding tert-OH is 2. The number of nitrogens with zero attached hydrogens (tertiary/aromatic N) is 3. The zero-order valence-corrected chi connectivity index (χ0v) is 20.9. The van der Waals surface area contributed by atoms with E-state index in [9.17, 15) is 15.0 Å². The molecule has 9 nitrogen and oxygen atoms in total. The van der Waals surface area contributed by atoms with Gasteiger partial charge in [-0.2, -0.15) is 0 Å². The highest BCUT2D eigenvalue weighted by molar-refractivity contribution is 7.22. The predicted octanol–water partition coefficient (Wildman–Crippen LogP) is 3.03. The van der Waals surface area contributed by atoms with Crippen LogP contribution in [-0.4, -0.2) is 62.2 Å². The Morgan fingerprint density at radius 2 is 2.00 bits per heavy atom. The lowest BCUT2D eigenvalue weighted by Crippen LogP contribution is -2.49. The normalized spacial score (nSPS) is 20.6. The van der Waals surface area contributed by atoms with Crippen LogP contribution in [0.3, 0.4) is 0 Å². The number of carbonyl (C=O) groups is 1. The topological polar surface area (TPSA) is 123 Å². The monoisotopic (exact) mass is 484 g/mol. The summed E-state index contributed by atoms with van der Waals surface area (Å²) in [6.07, 6.45) is -0.00252. The molecule has 1 aliphatic heterocycles. The van der Waals surface area contributed by atoms with Crippen molar-refractivity contribution in [3.05, 3.63) is 36.5 Å². The van der Waals surface area contributed by atoms with E-state index in [1.807, 2.05) is 58.9 Å². The summed E-state index contributed by atoms with van der Waals surface area (Å²) in [5.74, 6) is 0.469. The molecule has 0 aliphatic carbocycles. The molecule has 0 spiro atoms. The van der Waals surface area contributed by atoms with E-state index in [1.165, 1.54) is 0 Å². The van der Waals surface area contributed by atoms with Crippen LogP contribution in [0.25, 0.3) is 20.7 Å². The molecule has 2 atom stereocenters. The SMILES string of the molecule is CC(C)(C)C(=O)Nc1ccc2sc(-c3ccnc(NCCN4C(O)NC(O)C4(C)C)n3)cc2c1. The number of thiophene rings is 1. The molecule has 3 heterocycles. The molecule has 0 saturated carbocycles. The Kier molecular flexibility index (Phi) is 6.63. The van der Waals surface area contributed by atoms with Crippen LogP contribution in [0.15, 0.2) is 36.5 Å². The number of aliphatic hydroxyl groups is 2. The molecule has 1 saturated heterocycles. The molecule has 1 aromatic carbocycles. The van der Waals surface area contributed by atoms with Gasteiger partial charge in [-0.1, -0.05) is 20.8 Å². The summed E-state index contributed by atoms with van der Waals surface area (Å²) >= 11 is 1.63. The maximum atomic E-state index is 12.3. The van der Waals surface area contributed by atoms with Gasteiger partial charge in [-0.05, 0) is 49.6 Å². The van der Waals surface area contributed by atoms with E-state index < -0.39 is 23.5 Å². The minimum atomic E-state index is -0.907. The first kappa shape index (κ1) is 24.5. The van der Waals surface area contributed by atoms with Crippen LogP contribution in [0.2, 0.25) is 0 Å². The molecular formula is C24H32N6O3S. The smallest absolute Gasteiger partial charge is 0.229 e. The predicted molar refractivity (Wildman–Crippen MR) is 135 cm³/mol. The van der Waals surface area contributed by atoms with E-state index >= 15 is 0 Å². The number of hydrogen-bond acceptors (Lipinski definition) is 9. The fraction of sp³-hybridized carbons (Fsp3) is 0.458. The molecule has 4 rings (SSSR count). The van der Waals surface area contributed by atoms with Crippen LogP contribution in [0.5, 0.6) is 0 Å². The Bertz CT molecular complexity index is 1190. The van der Waals surface area contributed by atoms with Gasteiger partial charge in [0.25, 0.3) is 0 Å². The molecule has 182 valence electrons. The summed E-state index contributed by atoms with van der Waals surface area (Å²) in [4.78, 5) is 24.1. The zero-order valence-electron chi connectivity index (χ0n) is 20.1. The summed E-state index contributed by atoms with van der Waals surface area (Å²) in [7, 11) is 0. The van der Waals surface area contributed by atoms with E-state index in [-0.39, 0.29) is 5.91 Å². The minimum absolute atomic E-state index is 0.0241. The van der Waals surface area contributed by atoms with Crippen molar-refractivity contribution in [2.24, 2.45) is 5.41 Å². The molecule has 10 heteroatoms. The lowest BCUT2D eigenvalue weighted by Gasteiger charge is -2.33. The lowest BCUT2D eigenvalue weighted by atomic mass is 9.95. The van der Waals surface area contributed by atoms with Gasteiger partial charge >= 0.3 is 0 Å². The number of rotatable bonds is 6. The van der Waals surface area contributed by atoms with E-state index in [0.717, 1.165) is 26.3 Å². The van der Waals surface area contributed by atoms with Crippen molar-refractivity contribution in [2.75, 3.05) is 23.7 Å². The molecule has 0 radical (unpaired) electrons. The quantitative estimate of drug-likeness (QED) is 0.362. The Morgan fingerprint density at radius 1 is 1.24 bits per heavy atom. The van der Waals surface area contributed by atoms with Crippen molar-refractivity contribution in [1.82, 2.24) is 20.2 Å². The van der Waals surface area contributed by atoms with Gasteiger partial charge in [0.15, 0.2) is 6.35 Å². The maximum absolute atomic E-state index is 12.3. The van der Waals surface area contributed by atoms with Gasteiger partial charge in [-0.3, -0.25) is 15.0 Å². The molecule has 2 unspecified atom stereocenters. The number of hydrogen-bond donors (Lipinski definition) is 5. The fourth-order valence-corrected chi connectivity index (χ4v) is 4.77. The second-order valence-electron chi connectivity index (χ2n) is 10.0. The van der Waals surface area contributed by atoms with Crippen LogP contribution in [-0.2, 0) is 4.79 Å². The Morgan fingerprint density at radius 3 is 2.68 bits per heavy atom. The van der Waals surface area contributed by atoms with Gasteiger partial charge in [-0.25, -0.2) is 9.97 Å². The summed E-state index contributed by atoms with van der Waals surface area (Å²) in [6, 6.07) is 9.83. The highest BCUT2D eigenvalue weighted by atomic mass is 32.1. The van der Waals surface area contributed by atoms with Gasteiger partial charge in [0, 0.05) is 35.1 Å². The molecular weight excluding hydrogens is 452 g/mol. The number of aromatic nitrogens is 2. The third-order valence-electron chi connectivity index (χ3n) is 6.01. The minimum Gasteiger partial charge on any atom is -0.377 e. The van der Waals surface area contributed by atoms with E-state index in [1.54, 1.807) is 22.4 Å². The molecule has 2 aromatic heterocycles. The third kappa shape index (κ3) is 5.06. The van der Waals surface area contributed by atoms with E-state index in [2.05, 4.69) is 32.0 Å². The standard InChI is InChI=1S/C24H32N6O3S/c1-23(2,3)19(31)27-15-6-7-17-14(12-15)13-18(34-17)16-8-9-25-21(28-16)26-10-11-30-22(33)29-20(32)24(30,4)5/h6-9,12-13,20,22,29,32-33H,10-11H2,1-5H3,(H,27,31)(H,25,26,28). The van der Waals surface area contributed by atoms with Crippen molar-refractivity contribution in [3.8, 4) is 10.6 Å². The Labute approximate surface area is 203 Å². The lowest BCUT2D eigenvalue weighted by molar-refractivity contribution is -0.123. The van der Waals surface area contributed by atoms with Crippen LogP contribution in [0.4, 0.5) is 11.6 Å². The second kappa shape index (κ2) is 9.20. The Hall–Kier alpha value is -2.63. The van der Waals surface area contributed by atoms with Crippen molar-refractivity contribution in [2.45, 2.75) is 52.7 Å². The number of carbonyl (C=O) groups excluding carboxylic acids is 1. The molecule has 1 fully saturated rings. The second-order valence-corrected chi connectivity index (χ2v) is 11.1. The molecule has 3 aromatic rings. The highest BCUT2D eigenvalue weighted by Crippen LogP contribution is 2.34. The average molecular weight is 485 g/mol. The molecule has 0 bridgehead atoms. The summed E-state index contributed by atoms with van der Waals surface area (Å²) in [6.45, 7) is 10.4. The fourth-order valence-electron chi connectivity index (χ4n) is 3.75. The summed E-state index contributed by atoms with van der Waals surface area (Å²) in [5, 5.41) is 30.1. The summed E-state index contributed by atoms with van der Waals surface area (Å²) < 4.78 is 1.10. The maximum Gasteiger partial charge on any atom is 0.229 e. The van der Waals surface area contributed by atoms with E-state index in [0.29, 0.717) is 19.0 Å². The summed E-state index contributed by atoms with van der Waals surface area (Å²) in [5.41, 5.74) is 0.524. The van der Waals surface area contributed by atoms with Gasteiger partial charge in [0.1, 0.15) is 6.23 Å². The molecule has 34 heavy (non-hydrogen) atoms. The van der Waals surface area contributed by atoms with Crippen molar-refractivity contribution in [1.29, 1.82) is 0 Å². The van der Waals surface area contributed by atoms with Crippen LogP contribution in [0.1, 0.15) is 34.6 Å². The Balaban J connectivity index is 1.45. The zero-order chi connectivity index (χ0) is 24.7. The van der Waals surface area contributed by atoms with Gasteiger partial charge in [0.05, 0.1) is 16.1 Å². The van der Waals surface area contributed by atoms with Crippen LogP contribution in [0, 0.1) is 5.41 Å². The highest BCUT2D eigenvalue weighted by Gasteiger charge is 2.45. The number of anilines is 2. The molecule has 1 amide bonds. The first-order valence-electron chi connectivity index (χ1n) is 11.3. The number of nitrogens with one attached hydrogen (secondary N) is 3. The van der Waals surface area contributed by atoms with Crippen LogP contribution < -0.4 is 16.0 Å². The van der Waals surface area contributed by atoms with Crippen LogP contribution >= 0.6 is 11.3 Å². The van der Waals surface area contributed by atoms with Crippen molar-refractivity contribution >= 4 is 39.0 Å². The van der Waals surface area contributed by atoms with Gasteiger partial charge in [0.2, 0.25) is 11.9 Å². The molecule has 1 aliphatic rings. The van der Waals surface area contributed by atoms with Gasteiger partial charge < -0.3 is 20.8 Å². The first-order chi connectivity index (χ1) is 15.9. The molecule has 5 N–H and O–H groups in total.